The number of carbonyl (C=O) groups is 3. The van der Waals surface area contributed by atoms with Gasteiger partial charge in [0.05, 0.1) is 12.2 Å². The molecular formula is C19H23N5O7. The maximum absolute atomic E-state index is 12.2. The molecule has 8 N–H and O–H groups in total. The van der Waals surface area contributed by atoms with Crippen LogP contribution in [0.2, 0.25) is 0 Å². The monoisotopic (exact) mass is 433 g/mol. The van der Waals surface area contributed by atoms with Gasteiger partial charge in [0.2, 0.25) is 5.95 Å². The van der Waals surface area contributed by atoms with Crippen molar-refractivity contribution in [2.24, 2.45) is 0 Å². The van der Waals surface area contributed by atoms with E-state index in [1.54, 1.807) is 0 Å². The summed E-state index contributed by atoms with van der Waals surface area (Å²) in [5, 5.41) is 20.1. The van der Waals surface area contributed by atoms with Crippen LogP contribution in [-0.4, -0.2) is 50.7 Å². The minimum absolute atomic E-state index is 0.0526. The lowest BCUT2D eigenvalue weighted by atomic mass is 10.1. The van der Waals surface area contributed by atoms with Gasteiger partial charge in [-0.15, -0.1) is 0 Å². The topological polar surface area (TPSA) is 211 Å². The van der Waals surface area contributed by atoms with Gasteiger partial charge >= 0.3 is 11.9 Å². The molecule has 0 spiro atoms. The van der Waals surface area contributed by atoms with Crippen LogP contribution in [0.3, 0.4) is 0 Å². The van der Waals surface area contributed by atoms with Crippen LogP contribution in [0.15, 0.2) is 29.1 Å². The molecule has 0 saturated heterocycles. The fourth-order valence-corrected chi connectivity index (χ4v) is 2.68. The maximum atomic E-state index is 12.2. The minimum atomic E-state index is -1.31. The van der Waals surface area contributed by atoms with Crippen LogP contribution < -0.4 is 27.1 Å². The minimum Gasteiger partial charge on any atom is -0.494 e. The van der Waals surface area contributed by atoms with Crippen molar-refractivity contribution in [2.75, 3.05) is 18.1 Å². The number of ether oxygens (including phenoxy) is 1. The number of aromatic amines is 1. The van der Waals surface area contributed by atoms with Crippen molar-refractivity contribution in [3.8, 4) is 5.75 Å². The standard InChI is InChI=1S/C19H23N5O7/c20-15-12(17(28)24-19(21)23-15)2-1-9-31-11-5-3-10(4-6-11)16(27)22-13(18(29)30)7-8-14(25)26/h3-6,13H,1-2,7-9H2,(H,22,27)(H,25,26)(H,29,30)(H5,20,21,23,24,28)/t13-/m0/s1. The zero-order valence-electron chi connectivity index (χ0n) is 16.5. The van der Waals surface area contributed by atoms with Crippen LogP contribution in [0.25, 0.3) is 0 Å². The summed E-state index contributed by atoms with van der Waals surface area (Å²) in [6, 6.07) is 4.67. The lowest BCUT2D eigenvalue weighted by Gasteiger charge is -2.14. The van der Waals surface area contributed by atoms with Crippen molar-refractivity contribution in [1.29, 1.82) is 0 Å². The Balaban J connectivity index is 1.86. The highest BCUT2D eigenvalue weighted by molar-refractivity contribution is 5.96. The number of hydrogen-bond acceptors (Lipinski definition) is 8. The highest BCUT2D eigenvalue weighted by Crippen LogP contribution is 2.14. The SMILES string of the molecule is Nc1nc(N)c(CCCOc2ccc(C(=O)N[C@@H](CCC(=O)O)C(=O)O)cc2)c(=O)[nH]1. The zero-order valence-corrected chi connectivity index (χ0v) is 16.5. The van der Waals surface area contributed by atoms with Crippen LogP contribution in [-0.2, 0) is 16.0 Å². The van der Waals surface area contributed by atoms with Gasteiger partial charge < -0.3 is 31.7 Å². The van der Waals surface area contributed by atoms with Crippen LogP contribution in [0.1, 0.15) is 35.2 Å². The van der Waals surface area contributed by atoms with Crippen LogP contribution >= 0.6 is 0 Å². The van der Waals surface area contributed by atoms with E-state index in [0.717, 1.165) is 0 Å². The Morgan fingerprint density at radius 3 is 2.42 bits per heavy atom. The lowest BCUT2D eigenvalue weighted by Crippen LogP contribution is -2.41. The summed E-state index contributed by atoms with van der Waals surface area (Å²) < 4.78 is 5.56. The molecule has 12 heteroatoms. The number of nitrogens with two attached hydrogens (primary N) is 2. The molecule has 0 fully saturated rings. The van der Waals surface area contributed by atoms with Gasteiger partial charge in [-0.05, 0) is 43.5 Å². The average molecular weight is 433 g/mol. The first-order valence-electron chi connectivity index (χ1n) is 9.30. The van der Waals surface area contributed by atoms with E-state index in [0.29, 0.717) is 24.2 Å². The van der Waals surface area contributed by atoms with E-state index in [1.807, 2.05) is 0 Å². The molecule has 1 aromatic heterocycles. The predicted octanol–water partition coefficient (Wildman–Crippen LogP) is -0.00630. The molecule has 0 aliphatic heterocycles. The number of carbonyl (C=O) groups excluding carboxylic acids is 1. The van der Waals surface area contributed by atoms with Gasteiger partial charge in [-0.2, -0.15) is 4.98 Å². The number of carboxylic acids is 2. The number of aromatic nitrogens is 2. The number of rotatable bonds is 11. The molecule has 0 bridgehead atoms. The van der Waals surface area contributed by atoms with E-state index in [1.165, 1.54) is 24.3 Å². The molecule has 0 aliphatic rings. The summed E-state index contributed by atoms with van der Waals surface area (Å²) in [4.78, 5) is 52.0. The molecule has 0 saturated carbocycles. The van der Waals surface area contributed by atoms with Gasteiger partial charge in [0.15, 0.2) is 0 Å². The number of nitrogen functional groups attached to an aromatic ring is 2. The highest BCUT2D eigenvalue weighted by atomic mass is 16.5. The lowest BCUT2D eigenvalue weighted by molar-refractivity contribution is -0.140. The molecule has 1 heterocycles. The molecule has 12 nitrogen and oxygen atoms in total. The number of aliphatic carboxylic acids is 2. The second-order valence-electron chi connectivity index (χ2n) is 6.59. The molecule has 2 aromatic rings. The number of nitrogens with zero attached hydrogens (tertiary/aromatic N) is 1. The third-order valence-corrected chi connectivity index (χ3v) is 4.27. The quantitative estimate of drug-likeness (QED) is 0.261. The predicted molar refractivity (Wildman–Crippen MR) is 110 cm³/mol. The number of nitrogens with one attached hydrogen (secondary N) is 2. The van der Waals surface area contributed by atoms with Gasteiger partial charge in [-0.25, -0.2) is 4.79 Å². The van der Waals surface area contributed by atoms with Crippen LogP contribution in [0.4, 0.5) is 11.8 Å². The summed E-state index contributed by atoms with van der Waals surface area (Å²) in [7, 11) is 0. The van der Waals surface area contributed by atoms with Crippen molar-refractivity contribution in [1.82, 2.24) is 15.3 Å². The van der Waals surface area contributed by atoms with Gasteiger partial charge in [-0.1, -0.05) is 0 Å². The molecular weight excluding hydrogens is 410 g/mol. The second-order valence-corrected chi connectivity index (χ2v) is 6.59. The van der Waals surface area contributed by atoms with E-state index >= 15 is 0 Å². The highest BCUT2D eigenvalue weighted by Gasteiger charge is 2.21. The van der Waals surface area contributed by atoms with Crippen molar-refractivity contribution >= 4 is 29.6 Å². The van der Waals surface area contributed by atoms with Crippen LogP contribution in [0.5, 0.6) is 5.75 Å². The first-order valence-corrected chi connectivity index (χ1v) is 9.30. The van der Waals surface area contributed by atoms with E-state index < -0.39 is 29.4 Å². The number of H-pyrrole nitrogens is 1. The molecule has 2 rings (SSSR count). The average Bonchev–Trinajstić information content (AvgIpc) is 2.69. The number of benzene rings is 1. The zero-order chi connectivity index (χ0) is 23.0. The Hall–Kier alpha value is -4.09. The molecule has 1 aromatic carbocycles. The Bertz CT molecular complexity index is 1000. The van der Waals surface area contributed by atoms with Gasteiger partial charge in [0.1, 0.15) is 17.6 Å². The van der Waals surface area contributed by atoms with E-state index in [-0.39, 0.29) is 36.8 Å². The Morgan fingerprint density at radius 2 is 1.84 bits per heavy atom. The largest absolute Gasteiger partial charge is 0.494 e. The first kappa shape index (κ1) is 23.2. The summed E-state index contributed by atoms with van der Waals surface area (Å²) in [5.74, 6) is -2.63. The van der Waals surface area contributed by atoms with E-state index in [9.17, 15) is 19.2 Å². The smallest absolute Gasteiger partial charge is 0.326 e. The van der Waals surface area contributed by atoms with Gasteiger partial charge in [0, 0.05) is 12.0 Å². The fraction of sp³-hybridized carbons (Fsp3) is 0.316. The third-order valence-electron chi connectivity index (χ3n) is 4.27. The van der Waals surface area contributed by atoms with E-state index in [4.69, 9.17) is 26.4 Å². The van der Waals surface area contributed by atoms with Gasteiger partial charge in [0.25, 0.3) is 11.5 Å². The Labute approximate surface area is 176 Å². The molecule has 1 amide bonds. The number of amides is 1. The van der Waals surface area contributed by atoms with Crippen molar-refractivity contribution in [3.63, 3.8) is 0 Å². The summed E-state index contributed by atoms with van der Waals surface area (Å²) >= 11 is 0. The summed E-state index contributed by atoms with van der Waals surface area (Å²) in [6.45, 7) is 0.269. The molecule has 0 aliphatic carbocycles. The number of carboxylic acid groups (broad SMARTS) is 2. The van der Waals surface area contributed by atoms with E-state index in [2.05, 4.69) is 15.3 Å². The van der Waals surface area contributed by atoms with Crippen molar-refractivity contribution in [3.05, 3.63) is 45.7 Å². The maximum Gasteiger partial charge on any atom is 0.326 e. The fourth-order valence-electron chi connectivity index (χ4n) is 2.68. The molecule has 166 valence electrons. The molecule has 0 radical (unpaired) electrons. The second kappa shape index (κ2) is 10.6. The molecule has 1 atom stereocenters. The Morgan fingerprint density at radius 1 is 1.16 bits per heavy atom. The molecule has 0 unspecified atom stereocenters. The van der Waals surface area contributed by atoms with Crippen molar-refractivity contribution in [2.45, 2.75) is 31.7 Å². The number of anilines is 2. The van der Waals surface area contributed by atoms with Crippen LogP contribution in [0, 0.1) is 0 Å². The Kier molecular flexibility index (Phi) is 7.94. The summed E-state index contributed by atoms with van der Waals surface area (Å²) in [5.41, 5.74) is 11.2. The van der Waals surface area contributed by atoms with Gasteiger partial charge in [-0.3, -0.25) is 19.4 Å². The molecule has 31 heavy (non-hydrogen) atoms. The third kappa shape index (κ3) is 7.03. The number of hydrogen-bond donors (Lipinski definition) is 6. The normalized spacial score (nSPS) is 11.5. The van der Waals surface area contributed by atoms with Crippen molar-refractivity contribution < 1.29 is 29.3 Å². The summed E-state index contributed by atoms with van der Waals surface area (Å²) in [6.07, 6.45) is 0.204. The first-order chi connectivity index (χ1) is 14.7.